The first kappa shape index (κ1) is 16.5. The molecule has 1 aromatic carbocycles. The number of ether oxygens (including phenoxy) is 1. The SMILES string of the molecule is O=C1CCC(C(=O)NCC2(c3ccc(Br)cc3)CCOCC2)N1. The van der Waals surface area contributed by atoms with Crippen LogP contribution < -0.4 is 10.6 Å². The molecular formula is C17H21BrN2O3. The summed E-state index contributed by atoms with van der Waals surface area (Å²) in [5, 5.41) is 5.77. The molecule has 2 aliphatic heterocycles. The van der Waals surface area contributed by atoms with Crippen LogP contribution in [0.5, 0.6) is 0 Å². The van der Waals surface area contributed by atoms with Gasteiger partial charge in [-0.25, -0.2) is 0 Å². The summed E-state index contributed by atoms with van der Waals surface area (Å²) < 4.78 is 6.55. The van der Waals surface area contributed by atoms with Gasteiger partial charge in [-0.05, 0) is 37.0 Å². The van der Waals surface area contributed by atoms with Crippen LogP contribution in [0.2, 0.25) is 0 Å². The zero-order chi connectivity index (χ0) is 16.3. The summed E-state index contributed by atoms with van der Waals surface area (Å²) in [7, 11) is 0. The van der Waals surface area contributed by atoms with Crippen LogP contribution in [0.4, 0.5) is 0 Å². The molecule has 1 aromatic rings. The monoisotopic (exact) mass is 380 g/mol. The van der Waals surface area contributed by atoms with E-state index < -0.39 is 0 Å². The number of amides is 2. The second-order valence-corrected chi connectivity index (χ2v) is 7.19. The molecule has 23 heavy (non-hydrogen) atoms. The molecular weight excluding hydrogens is 360 g/mol. The molecule has 0 spiro atoms. The van der Waals surface area contributed by atoms with E-state index in [2.05, 4.69) is 38.7 Å². The van der Waals surface area contributed by atoms with Crippen LogP contribution >= 0.6 is 15.9 Å². The summed E-state index contributed by atoms with van der Waals surface area (Å²) in [6.45, 7) is 1.97. The van der Waals surface area contributed by atoms with Crippen molar-refractivity contribution in [2.45, 2.75) is 37.1 Å². The normalized spacial score (nSPS) is 23.3. The fourth-order valence-electron chi connectivity index (χ4n) is 3.32. The van der Waals surface area contributed by atoms with Crippen molar-refractivity contribution in [2.24, 2.45) is 0 Å². The Bertz CT molecular complexity index is 582. The molecule has 0 bridgehead atoms. The number of carbonyl (C=O) groups is 2. The molecule has 0 saturated carbocycles. The number of rotatable bonds is 4. The lowest BCUT2D eigenvalue weighted by Gasteiger charge is -2.38. The van der Waals surface area contributed by atoms with Crippen LogP contribution in [-0.4, -0.2) is 37.6 Å². The van der Waals surface area contributed by atoms with Gasteiger partial charge in [0.15, 0.2) is 0 Å². The van der Waals surface area contributed by atoms with Gasteiger partial charge in [0.05, 0.1) is 0 Å². The molecule has 2 saturated heterocycles. The lowest BCUT2D eigenvalue weighted by atomic mass is 9.74. The van der Waals surface area contributed by atoms with Gasteiger partial charge in [0, 0.05) is 36.1 Å². The Hall–Kier alpha value is -1.40. The Kier molecular flexibility index (Phi) is 5.02. The molecule has 2 heterocycles. The average molecular weight is 381 g/mol. The molecule has 0 aromatic heterocycles. The van der Waals surface area contributed by atoms with Crippen molar-refractivity contribution in [3.05, 3.63) is 34.3 Å². The molecule has 3 rings (SSSR count). The summed E-state index contributed by atoms with van der Waals surface area (Å²) >= 11 is 3.46. The third kappa shape index (κ3) is 3.75. The van der Waals surface area contributed by atoms with E-state index in [4.69, 9.17) is 4.74 Å². The van der Waals surface area contributed by atoms with Gasteiger partial charge >= 0.3 is 0 Å². The van der Waals surface area contributed by atoms with Crippen LogP contribution in [-0.2, 0) is 19.7 Å². The van der Waals surface area contributed by atoms with E-state index in [0.717, 1.165) is 17.3 Å². The van der Waals surface area contributed by atoms with Crippen LogP contribution in [0.25, 0.3) is 0 Å². The predicted octanol–water partition coefficient (Wildman–Crippen LogP) is 1.89. The number of halogens is 1. The van der Waals surface area contributed by atoms with E-state index >= 15 is 0 Å². The lowest BCUT2D eigenvalue weighted by molar-refractivity contribution is -0.126. The van der Waals surface area contributed by atoms with Gasteiger partial charge in [-0.15, -0.1) is 0 Å². The Morgan fingerprint density at radius 2 is 2.00 bits per heavy atom. The quantitative estimate of drug-likeness (QED) is 0.837. The summed E-state index contributed by atoms with van der Waals surface area (Å²) in [6.07, 6.45) is 2.78. The number of nitrogens with one attached hydrogen (secondary N) is 2. The first-order chi connectivity index (χ1) is 11.1. The minimum Gasteiger partial charge on any atom is -0.381 e. The molecule has 2 N–H and O–H groups in total. The first-order valence-corrected chi connectivity index (χ1v) is 8.79. The minimum atomic E-state index is -0.385. The second-order valence-electron chi connectivity index (χ2n) is 6.28. The van der Waals surface area contributed by atoms with Gasteiger partial charge in [-0.3, -0.25) is 9.59 Å². The van der Waals surface area contributed by atoms with Crippen LogP contribution in [0.15, 0.2) is 28.7 Å². The minimum absolute atomic E-state index is 0.0427. The topological polar surface area (TPSA) is 67.4 Å². The molecule has 6 heteroatoms. The largest absolute Gasteiger partial charge is 0.381 e. The highest BCUT2D eigenvalue weighted by Gasteiger charge is 2.36. The second kappa shape index (κ2) is 7.01. The van der Waals surface area contributed by atoms with Crippen LogP contribution in [0.1, 0.15) is 31.2 Å². The zero-order valence-corrected chi connectivity index (χ0v) is 14.5. The smallest absolute Gasteiger partial charge is 0.242 e. The van der Waals surface area contributed by atoms with Gasteiger partial charge in [0.1, 0.15) is 6.04 Å². The third-order valence-electron chi connectivity index (χ3n) is 4.82. The predicted molar refractivity (Wildman–Crippen MR) is 90.0 cm³/mol. The van der Waals surface area contributed by atoms with E-state index in [9.17, 15) is 9.59 Å². The number of hydrogen-bond donors (Lipinski definition) is 2. The van der Waals surface area contributed by atoms with E-state index in [-0.39, 0.29) is 23.3 Å². The van der Waals surface area contributed by atoms with Gasteiger partial charge < -0.3 is 15.4 Å². The molecule has 124 valence electrons. The van der Waals surface area contributed by atoms with E-state index in [1.165, 1.54) is 5.56 Å². The van der Waals surface area contributed by atoms with Gasteiger partial charge in [-0.1, -0.05) is 28.1 Å². The fraction of sp³-hybridized carbons (Fsp3) is 0.529. The van der Waals surface area contributed by atoms with E-state index in [0.29, 0.717) is 32.6 Å². The van der Waals surface area contributed by atoms with Crippen molar-refractivity contribution in [2.75, 3.05) is 19.8 Å². The number of carbonyl (C=O) groups excluding carboxylic acids is 2. The van der Waals surface area contributed by atoms with Crippen molar-refractivity contribution < 1.29 is 14.3 Å². The average Bonchev–Trinajstić information content (AvgIpc) is 3.01. The Balaban J connectivity index is 1.70. The summed E-state index contributed by atoms with van der Waals surface area (Å²) in [5.74, 6) is -0.127. The summed E-state index contributed by atoms with van der Waals surface area (Å²) in [5.41, 5.74) is 1.12. The van der Waals surface area contributed by atoms with Crippen molar-refractivity contribution in [1.29, 1.82) is 0 Å². The van der Waals surface area contributed by atoms with Crippen molar-refractivity contribution >= 4 is 27.7 Å². The standard InChI is InChI=1S/C17H21BrN2O3/c18-13-3-1-12(2-4-13)17(7-9-23-10-8-17)11-19-16(22)14-5-6-15(21)20-14/h1-4,14H,5-11H2,(H,19,22)(H,20,21). The Morgan fingerprint density at radius 1 is 1.30 bits per heavy atom. The van der Waals surface area contributed by atoms with Crippen molar-refractivity contribution in [1.82, 2.24) is 10.6 Å². The Labute approximate surface area is 144 Å². The van der Waals surface area contributed by atoms with E-state index in [1.807, 2.05) is 12.1 Å². The number of hydrogen-bond acceptors (Lipinski definition) is 3. The molecule has 5 nitrogen and oxygen atoms in total. The summed E-state index contributed by atoms with van der Waals surface area (Å²) in [4.78, 5) is 23.6. The molecule has 1 atom stereocenters. The molecule has 1 unspecified atom stereocenters. The fourth-order valence-corrected chi connectivity index (χ4v) is 3.59. The zero-order valence-electron chi connectivity index (χ0n) is 12.9. The number of benzene rings is 1. The van der Waals surface area contributed by atoms with Crippen LogP contribution in [0.3, 0.4) is 0 Å². The van der Waals surface area contributed by atoms with E-state index in [1.54, 1.807) is 0 Å². The molecule has 2 fully saturated rings. The van der Waals surface area contributed by atoms with Gasteiger partial charge in [0.2, 0.25) is 11.8 Å². The Morgan fingerprint density at radius 3 is 2.61 bits per heavy atom. The maximum Gasteiger partial charge on any atom is 0.242 e. The highest BCUT2D eigenvalue weighted by molar-refractivity contribution is 9.10. The maximum absolute atomic E-state index is 12.3. The van der Waals surface area contributed by atoms with Crippen molar-refractivity contribution in [3.8, 4) is 0 Å². The summed E-state index contributed by atoms with van der Waals surface area (Å²) in [6, 6.07) is 7.90. The highest BCUT2D eigenvalue weighted by Crippen LogP contribution is 2.35. The van der Waals surface area contributed by atoms with Gasteiger partial charge in [-0.2, -0.15) is 0 Å². The highest BCUT2D eigenvalue weighted by atomic mass is 79.9. The lowest BCUT2D eigenvalue weighted by Crippen LogP contribution is -2.49. The van der Waals surface area contributed by atoms with Crippen LogP contribution in [0, 0.1) is 0 Å². The van der Waals surface area contributed by atoms with Crippen molar-refractivity contribution in [3.63, 3.8) is 0 Å². The molecule has 2 aliphatic rings. The molecule has 2 amide bonds. The van der Waals surface area contributed by atoms with Gasteiger partial charge in [0.25, 0.3) is 0 Å². The third-order valence-corrected chi connectivity index (χ3v) is 5.35. The first-order valence-electron chi connectivity index (χ1n) is 8.00. The maximum atomic E-state index is 12.3. The molecule has 0 aliphatic carbocycles. The molecule has 0 radical (unpaired) electrons.